The molecule has 1 fully saturated rings. The Hall–Kier alpha value is -0.750. The summed E-state index contributed by atoms with van der Waals surface area (Å²) in [7, 11) is 0. The van der Waals surface area contributed by atoms with E-state index < -0.39 is 0 Å². The molecule has 1 heterocycles. The summed E-state index contributed by atoms with van der Waals surface area (Å²) in [5, 5.41) is 3.47. The first-order valence-electron chi connectivity index (χ1n) is 5.26. The van der Waals surface area contributed by atoms with Gasteiger partial charge >= 0.3 is 0 Å². The number of carbonyl (C=O) groups excluding carboxylic acids is 1. The predicted octanol–water partition coefficient (Wildman–Crippen LogP) is 1.79. The third kappa shape index (κ3) is 2.89. The van der Waals surface area contributed by atoms with Crippen molar-refractivity contribution in [1.82, 2.24) is 10.3 Å². The molecule has 2 rings (SSSR count). The van der Waals surface area contributed by atoms with Crippen LogP contribution in [0.25, 0.3) is 0 Å². The minimum Gasteiger partial charge on any atom is -0.375 e. The number of rotatable bonds is 4. The van der Waals surface area contributed by atoms with Gasteiger partial charge in [0.25, 0.3) is 0 Å². The zero-order valence-corrected chi connectivity index (χ0v) is 11.0. The second-order valence-corrected chi connectivity index (χ2v) is 6.61. The first-order chi connectivity index (χ1) is 7.56. The van der Waals surface area contributed by atoms with Crippen LogP contribution < -0.4 is 11.1 Å². The van der Waals surface area contributed by atoms with Crippen molar-refractivity contribution in [1.29, 1.82) is 0 Å². The summed E-state index contributed by atoms with van der Waals surface area (Å²) < 4.78 is 1.04. The summed E-state index contributed by atoms with van der Waals surface area (Å²) in [6.07, 6.45) is 2.24. The molecule has 0 aliphatic heterocycles. The maximum atomic E-state index is 11.7. The van der Waals surface area contributed by atoms with Crippen LogP contribution in [0.3, 0.4) is 0 Å². The van der Waals surface area contributed by atoms with E-state index >= 15 is 0 Å². The molecule has 3 N–H and O–H groups in total. The summed E-state index contributed by atoms with van der Waals surface area (Å²) in [5.41, 5.74) is 6.53. The molecule has 0 bridgehead atoms. The minimum atomic E-state index is -0.0841. The number of hydrogen-bond acceptors (Lipinski definition) is 5. The Labute approximate surface area is 103 Å². The standard InChI is InChI=1S/C10H15N3OS2/c1-5-9(16-10(11)12-5)15-6(2)8(14)13-7-3-4-7/h6-7H,3-4H2,1-2H3,(H2,11,12)(H,13,14). The van der Waals surface area contributed by atoms with Gasteiger partial charge in [-0.05, 0) is 26.7 Å². The van der Waals surface area contributed by atoms with Crippen molar-refractivity contribution >= 4 is 34.1 Å². The highest BCUT2D eigenvalue weighted by molar-refractivity contribution is 8.02. The van der Waals surface area contributed by atoms with Crippen LogP contribution in [0, 0.1) is 6.92 Å². The van der Waals surface area contributed by atoms with Gasteiger partial charge in [-0.1, -0.05) is 11.3 Å². The van der Waals surface area contributed by atoms with Gasteiger partial charge in [-0.2, -0.15) is 0 Å². The Kier molecular flexibility index (Phi) is 3.39. The summed E-state index contributed by atoms with van der Waals surface area (Å²) in [5.74, 6) is 0.110. The molecule has 1 aliphatic rings. The van der Waals surface area contributed by atoms with Gasteiger partial charge in [0, 0.05) is 6.04 Å². The quantitative estimate of drug-likeness (QED) is 0.807. The van der Waals surface area contributed by atoms with Crippen molar-refractivity contribution in [3.8, 4) is 0 Å². The van der Waals surface area contributed by atoms with Crippen LogP contribution >= 0.6 is 23.1 Å². The van der Waals surface area contributed by atoms with E-state index in [-0.39, 0.29) is 11.2 Å². The summed E-state index contributed by atoms with van der Waals surface area (Å²) in [4.78, 5) is 15.9. The number of thiazole rings is 1. The number of carbonyl (C=O) groups is 1. The second-order valence-electron chi connectivity index (χ2n) is 3.97. The molecule has 16 heavy (non-hydrogen) atoms. The molecule has 1 aromatic heterocycles. The molecule has 0 aromatic carbocycles. The lowest BCUT2D eigenvalue weighted by Crippen LogP contribution is -2.32. The van der Waals surface area contributed by atoms with Crippen LogP contribution in [0.15, 0.2) is 4.21 Å². The maximum absolute atomic E-state index is 11.7. The SMILES string of the molecule is Cc1nc(N)sc1SC(C)C(=O)NC1CC1. The number of nitrogens with one attached hydrogen (secondary N) is 1. The van der Waals surface area contributed by atoms with E-state index in [1.54, 1.807) is 0 Å². The van der Waals surface area contributed by atoms with Crippen molar-refractivity contribution < 1.29 is 4.79 Å². The number of nitrogen functional groups attached to an aromatic ring is 1. The van der Waals surface area contributed by atoms with Gasteiger partial charge in [0.1, 0.15) is 0 Å². The Balaban J connectivity index is 1.92. The first kappa shape index (κ1) is 11.7. The summed E-state index contributed by atoms with van der Waals surface area (Å²) in [6, 6.07) is 0.420. The average Bonchev–Trinajstić information content (AvgIpc) is 2.94. The molecule has 6 heteroatoms. The van der Waals surface area contributed by atoms with Crippen LogP contribution in [-0.2, 0) is 4.79 Å². The highest BCUT2D eigenvalue weighted by Crippen LogP contribution is 2.33. The molecule has 0 radical (unpaired) electrons. The lowest BCUT2D eigenvalue weighted by Gasteiger charge is -2.10. The van der Waals surface area contributed by atoms with E-state index in [1.807, 2.05) is 13.8 Å². The smallest absolute Gasteiger partial charge is 0.233 e. The van der Waals surface area contributed by atoms with E-state index in [0.717, 1.165) is 22.7 Å². The average molecular weight is 257 g/mol. The van der Waals surface area contributed by atoms with Gasteiger partial charge in [-0.15, -0.1) is 11.8 Å². The molecule has 1 unspecified atom stereocenters. The number of aromatic nitrogens is 1. The van der Waals surface area contributed by atoms with Crippen molar-refractivity contribution in [3.05, 3.63) is 5.69 Å². The maximum Gasteiger partial charge on any atom is 0.233 e. The van der Waals surface area contributed by atoms with Crippen molar-refractivity contribution in [2.75, 3.05) is 5.73 Å². The van der Waals surface area contributed by atoms with E-state index in [0.29, 0.717) is 11.2 Å². The van der Waals surface area contributed by atoms with Crippen molar-refractivity contribution in [2.24, 2.45) is 0 Å². The Morgan fingerprint density at radius 2 is 2.38 bits per heavy atom. The lowest BCUT2D eigenvalue weighted by atomic mass is 10.4. The summed E-state index contributed by atoms with van der Waals surface area (Å²) in [6.45, 7) is 3.83. The molecular weight excluding hydrogens is 242 g/mol. The third-order valence-electron chi connectivity index (χ3n) is 2.35. The van der Waals surface area contributed by atoms with Crippen molar-refractivity contribution in [2.45, 2.75) is 42.2 Å². The molecule has 1 aromatic rings. The molecule has 1 saturated carbocycles. The van der Waals surface area contributed by atoms with Crippen LogP contribution in [0.5, 0.6) is 0 Å². The normalized spacial score (nSPS) is 17.1. The van der Waals surface area contributed by atoms with Crippen LogP contribution in [0.4, 0.5) is 5.13 Å². The van der Waals surface area contributed by atoms with Gasteiger partial charge in [0.2, 0.25) is 5.91 Å². The molecule has 0 spiro atoms. The van der Waals surface area contributed by atoms with Crippen LogP contribution in [0.1, 0.15) is 25.5 Å². The number of thioether (sulfide) groups is 1. The summed E-state index contributed by atoms with van der Waals surface area (Å²) >= 11 is 2.98. The number of amides is 1. The topological polar surface area (TPSA) is 68.0 Å². The van der Waals surface area contributed by atoms with Crippen LogP contribution in [-0.4, -0.2) is 22.2 Å². The third-order valence-corrected chi connectivity index (χ3v) is 4.74. The van der Waals surface area contributed by atoms with Gasteiger partial charge in [-0.3, -0.25) is 4.79 Å². The monoisotopic (exact) mass is 257 g/mol. The fourth-order valence-corrected chi connectivity index (χ4v) is 3.43. The molecular formula is C10H15N3OS2. The number of nitrogens with zero attached hydrogens (tertiary/aromatic N) is 1. The van der Waals surface area contributed by atoms with Crippen molar-refractivity contribution in [3.63, 3.8) is 0 Å². The molecule has 0 saturated heterocycles. The minimum absolute atomic E-state index is 0.0841. The van der Waals surface area contributed by atoms with Gasteiger partial charge in [0.15, 0.2) is 5.13 Å². The van der Waals surface area contributed by atoms with Gasteiger partial charge in [-0.25, -0.2) is 4.98 Å². The van der Waals surface area contributed by atoms with E-state index in [4.69, 9.17) is 5.73 Å². The van der Waals surface area contributed by atoms with Gasteiger partial charge in [0.05, 0.1) is 15.2 Å². The molecule has 1 atom stereocenters. The molecule has 4 nitrogen and oxygen atoms in total. The number of aryl methyl sites for hydroxylation is 1. The fraction of sp³-hybridized carbons (Fsp3) is 0.600. The first-order valence-corrected chi connectivity index (χ1v) is 6.96. The highest BCUT2D eigenvalue weighted by Gasteiger charge is 2.26. The van der Waals surface area contributed by atoms with Gasteiger partial charge < -0.3 is 11.1 Å². The van der Waals surface area contributed by atoms with E-state index in [9.17, 15) is 4.79 Å². The predicted molar refractivity (Wildman–Crippen MR) is 67.7 cm³/mol. The van der Waals surface area contributed by atoms with E-state index in [2.05, 4.69) is 10.3 Å². The Morgan fingerprint density at radius 3 is 2.88 bits per heavy atom. The fourth-order valence-electron chi connectivity index (χ4n) is 1.27. The number of nitrogens with two attached hydrogens (primary N) is 1. The van der Waals surface area contributed by atoms with E-state index in [1.165, 1.54) is 23.1 Å². The lowest BCUT2D eigenvalue weighted by molar-refractivity contribution is -0.120. The molecule has 1 aliphatic carbocycles. The Morgan fingerprint density at radius 1 is 1.69 bits per heavy atom. The zero-order chi connectivity index (χ0) is 11.7. The highest BCUT2D eigenvalue weighted by atomic mass is 32.2. The number of anilines is 1. The number of hydrogen-bond donors (Lipinski definition) is 2. The second kappa shape index (κ2) is 4.63. The Bertz CT molecular complexity index is 401. The molecule has 1 amide bonds. The zero-order valence-electron chi connectivity index (χ0n) is 9.32. The van der Waals surface area contributed by atoms with Crippen LogP contribution in [0.2, 0.25) is 0 Å². The largest absolute Gasteiger partial charge is 0.375 e. The molecule has 88 valence electrons.